The first-order chi connectivity index (χ1) is 4.46. The van der Waals surface area contributed by atoms with Gasteiger partial charge in [0.15, 0.2) is 0 Å². The molecule has 0 amide bonds. The Kier molecular flexibility index (Phi) is 3.40. The second-order valence-electron chi connectivity index (χ2n) is 3.23. The Morgan fingerprint density at radius 3 is 1.70 bits per heavy atom. The number of carboxylic acids is 1. The molecule has 1 N–H and O–H groups in total. The van der Waals surface area contributed by atoms with E-state index in [-0.39, 0.29) is 11.8 Å². The zero-order valence-electron chi connectivity index (χ0n) is 7.09. The van der Waals surface area contributed by atoms with Gasteiger partial charge in [-0.2, -0.15) is 0 Å². The van der Waals surface area contributed by atoms with Crippen LogP contribution in [0.4, 0.5) is 0 Å². The van der Waals surface area contributed by atoms with Gasteiger partial charge in [-0.15, -0.1) is 0 Å². The third-order valence-electron chi connectivity index (χ3n) is 2.23. The zero-order chi connectivity index (χ0) is 8.31. The SMILES string of the molecule is CC(C)C(C)[C@H](C)C(=O)O. The van der Waals surface area contributed by atoms with Gasteiger partial charge in [0.05, 0.1) is 5.92 Å². The normalized spacial score (nSPS) is 16.9. The molecule has 0 aromatic rings. The van der Waals surface area contributed by atoms with Crippen LogP contribution in [0.25, 0.3) is 0 Å². The number of hydrogen-bond acceptors (Lipinski definition) is 1. The molecule has 2 nitrogen and oxygen atoms in total. The molecule has 0 fully saturated rings. The van der Waals surface area contributed by atoms with E-state index in [1.807, 2.05) is 20.8 Å². The monoisotopic (exact) mass is 144 g/mol. The maximum Gasteiger partial charge on any atom is 0.306 e. The molecule has 0 radical (unpaired) electrons. The lowest BCUT2D eigenvalue weighted by Gasteiger charge is -2.19. The first-order valence-electron chi connectivity index (χ1n) is 3.69. The van der Waals surface area contributed by atoms with Crippen LogP contribution in [0.3, 0.4) is 0 Å². The van der Waals surface area contributed by atoms with Gasteiger partial charge in [0.1, 0.15) is 0 Å². The molecular formula is C8H16O2. The van der Waals surface area contributed by atoms with E-state index in [0.717, 1.165) is 0 Å². The Labute approximate surface area is 62.2 Å². The van der Waals surface area contributed by atoms with E-state index in [1.165, 1.54) is 0 Å². The Balaban J connectivity index is 3.94. The van der Waals surface area contributed by atoms with Gasteiger partial charge in [-0.3, -0.25) is 4.79 Å². The second kappa shape index (κ2) is 3.59. The van der Waals surface area contributed by atoms with E-state index in [0.29, 0.717) is 5.92 Å². The lowest BCUT2D eigenvalue weighted by atomic mass is 9.86. The predicted molar refractivity (Wildman–Crippen MR) is 40.8 cm³/mol. The van der Waals surface area contributed by atoms with Crippen molar-refractivity contribution < 1.29 is 9.90 Å². The molecule has 60 valence electrons. The molecule has 0 aliphatic rings. The lowest BCUT2D eigenvalue weighted by molar-refractivity contribution is -0.143. The molecule has 2 heteroatoms. The van der Waals surface area contributed by atoms with Crippen LogP contribution in [0.15, 0.2) is 0 Å². The van der Waals surface area contributed by atoms with Crippen LogP contribution in [-0.4, -0.2) is 11.1 Å². The summed E-state index contributed by atoms with van der Waals surface area (Å²) in [6.07, 6.45) is 0. The fraction of sp³-hybridized carbons (Fsp3) is 0.875. The van der Waals surface area contributed by atoms with Gasteiger partial charge >= 0.3 is 5.97 Å². The van der Waals surface area contributed by atoms with Crippen LogP contribution >= 0.6 is 0 Å². The van der Waals surface area contributed by atoms with Gasteiger partial charge in [-0.1, -0.05) is 27.7 Å². The van der Waals surface area contributed by atoms with Crippen LogP contribution in [0, 0.1) is 17.8 Å². The third kappa shape index (κ3) is 2.38. The van der Waals surface area contributed by atoms with Gasteiger partial charge in [0.25, 0.3) is 0 Å². The highest BCUT2D eigenvalue weighted by Gasteiger charge is 2.21. The molecule has 0 spiro atoms. The third-order valence-corrected chi connectivity index (χ3v) is 2.23. The molecule has 0 aliphatic carbocycles. The zero-order valence-corrected chi connectivity index (χ0v) is 7.09. The molecule has 0 saturated carbocycles. The molecule has 10 heavy (non-hydrogen) atoms. The van der Waals surface area contributed by atoms with Crippen molar-refractivity contribution >= 4 is 5.97 Å². The Hall–Kier alpha value is -0.530. The number of rotatable bonds is 3. The van der Waals surface area contributed by atoms with E-state index < -0.39 is 5.97 Å². The highest BCUT2D eigenvalue weighted by Crippen LogP contribution is 2.19. The summed E-state index contributed by atoms with van der Waals surface area (Å²) in [6, 6.07) is 0. The first kappa shape index (κ1) is 9.47. The summed E-state index contributed by atoms with van der Waals surface area (Å²) >= 11 is 0. The summed E-state index contributed by atoms with van der Waals surface area (Å²) in [5, 5.41) is 8.60. The summed E-state index contributed by atoms with van der Waals surface area (Å²) in [5.41, 5.74) is 0. The highest BCUT2D eigenvalue weighted by atomic mass is 16.4. The molecule has 0 bridgehead atoms. The largest absolute Gasteiger partial charge is 0.481 e. The van der Waals surface area contributed by atoms with Crippen LogP contribution in [0.2, 0.25) is 0 Å². The highest BCUT2D eigenvalue weighted by molar-refractivity contribution is 5.69. The Bertz CT molecular complexity index is 118. The quantitative estimate of drug-likeness (QED) is 0.657. The molecule has 0 saturated heterocycles. The van der Waals surface area contributed by atoms with Gasteiger partial charge in [-0.05, 0) is 11.8 Å². The standard InChI is InChI=1S/C8H16O2/c1-5(2)6(3)7(4)8(9)10/h5-7H,1-4H3,(H,9,10)/t6?,7-/m0/s1. The average Bonchev–Trinajstić information content (AvgIpc) is 1.84. The van der Waals surface area contributed by atoms with E-state index in [9.17, 15) is 4.79 Å². The topological polar surface area (TPSA) is 37.3 Å². The van der Waals surface area contributed by atoms with Gasteiger partial charge < -0.3 is 5.11 Å². The molecule has 0 aromatic heterocycles. The molecule has 0 rings (SSSR count). The Morgan fingerprint density at radius 2 is 1.60 bits per heavy atom. The number of carboxylic acid groups (broad SMARTS) is 1. The van der Waals surface area contributed by atoms with E-state index in [2.05, 4.69) is 0 Å². The molecule has 2 atom stereocenters. The maximum atomic E-state index is 10.4. The number of hydrogen-bond donors (Lipinski definition) is 1. The van der Waals surface area contributed by atoms with Crippen molar-refractivity contribution in [3.63, 3.8) is 0 Å². The van der Waals surface area contributed by atoms with Crippen molar-refractivity contribution in [3.8, 4) is 0 Å². The van der Waals surface area contributed by atoms with Gasteiger partial charge in [0.2, 0.25) is 0 Å². The molecular weight excluding hydrogens is 128 g/mol. The Morgan fingerprint density at radius 1 is 1.20 bits per heavy atom. The minimum Gasteiger partial charge on any atom is -0.481 e. The van der Waals surface area contributed by atoms with Gasteiger partial charge in [-0.25, -0.2) is 0 Å². The molecule has 1 unspecified atom stereocenters. The molecule has 0 aromatic carbocycles. The maximum absolute atomic E-state index is 10.4. The van der Waals surface area contributed by atoms with E-state index in [4.69, 9.17) is 5.11 Å². The van der Waals surface area contributed by atoms with E-state index >= 15 is 0 Å². The van der Waals surface area contributed by atoms with Crippen LogP contribution in [0.5, 0.6) is 0 Å². The summed E-state index contributed by atoms with van der Waals surface area (Å²) < 4.78 is 0. The lowest BCUT2D eigenvalue weighted by Crippen LogP contribution is -2.21. The van der Waals surface area contributed by atoms with Crippen LogP contribution < -0.4 is 0 Å². The van der Waals surface area contributed by atoms with Crippen molar-refractivity contribution in [2.45, 2.75) is 27.7 Å². The van der Waals surface area contributed by atoms with Crippen LogP contribution in [0.1, 0.15) is 27.7 Å². The summed E-state index contributed by atoms with van der Waals surface area (Å²) in [6.45, 7) is 7.82. The second-order valence-corrected chi connectivity index (χ2v) is 3.23. The molecule has 0 aliphatic heterocycles. The first-order valence-corrected chi connectivity index (χ1v) is 3.69. The van der Waals surface area contributed by atoms with Crippen molar-refractivity contribution in [2.75, 3.05) is 0 Å². The summed E-state index contributed by atoms with van der Waals surface area (Å²) in [7, 11) is 0. The average molecular weight is 144 g/mol. The minimum atomic E-state index is -0.693. The smallest absolute Gasteiger partial charge is 0.306 e. The van der Waals surface area contributed by atoms with Crippen molar-refractivity contribution in [1.29, 1.82) is 0 Å². The fourth-order valence-corrected chi connectivity index (χ4v) is 0.802. The van der Waals surface area contributed by atoms with Crippen LogP contribution in [-0.2, 0) is 4.79 Å². The van der Waals surface area contributed by atoms with Crippen molar-refractivity contribution in [2.24, 2.45) is 17.8 Å². The summed E-state index contributed by atoms with van der Waals surface area (Å²) in [4.78, 5) is 10.4. The minimum absolute atomic E-state index is 0.222. The fourth-order valence-electron chi connectivity index (χ4n) is 0.802. The van der Waals surface area contributed by atoms with Crippen molar-refractivity contribution in [3.05, 3.63) is 0 Å². The van der Waals surface area contributed by atoms with Crippen molar-refractivity contribution in [1.82, 2.24) is 0 Å². The number of aliphatic carboxylic acids is 1. The van der Waals surface area contributed by atoms with E-state index in [1.54, 1.807) is 6.92 Å². The summed E-state index contributed by atoms with van der Waals surface area (Å²) in [5.74, 6) is -0.204. The predicted octanol–water partition coefficient (Wildman–Crippen LogP) is 2.00. The number of carbonyl (C=O) groups is 1. The van der Waals surface area contributed by atoms with Gasteiger partial charge in [0, 0.05) is 0 Å². The molecule has 0 heterocycles.